The Morgan fingerprint density at radius 3 is 2.68 bits per heavy atom. The van der Waals surface area contributed by atoms with Crippen LogP contribution in [0.1, 0.15) is 44.6 Å². The summed E-state index contributed by atoms with van der Waals surface area (Å²) >= 11 is 0. The van der Waals surface area contributed by atoms with Gasteiger partial charge in [0.05, 0.1) is 6.54 Å². The average Bonchev–Trinajstić information content (AvgIpc) is 3.07. The molecule has 2 N–H and O–H groups in total. The number of methoxy groups -OCH3 is 1. The molecule has 0 atom stereocenters. The normalized spacial score (nSPS) is 16.9. The van der Waals surface area contributed by atoms with E-state index in [9.17, 15) is 8.78 Å². The standard InChI is InChI=1S/C19H29F2N3O/c1-3-22-18(23-13-15-12-16(20)6-7-17(15)21)24-14-19(10-11-25-2)8-4-5-9-19/h6-7,12H,3-5,8-11,13-14H2,1-2H3,(H2,22,23,24). The van der Waals surface area contributed by atoms with Crippen LogP contribution in [0.3, 0.4) is 0 Å². The molecule has 4 nitrogen and oxygen atoms in total. The Balaban J connectivity index is 2.00. The fraction of sp³-hybridized carbons (Fsp3) is 0.632. The molecule has 0 spiro atoms. The summed E-state index contributed by atoms with van der Waals surface area (Å²) < 4.78 is 32.3. The molecule has 0 radical (unpaired) electrons. The van der Waals surface area contributed by atoms with Crippen molar-refractivity contribution in [1.82, 2.24) is 10.6 Å². The minimum absolute atomic E-state index is 0.101. The molecule has 1 saturated carbocycles. The fourth-order valence-corrected chi connectivity index (χ4v) is 3.40. The van der Waals surface area contributed by atoms with Gasteiger partial charge in [-0.05, 0) is 49.8 Å². The maximum atomic E-state index is 13.7. The highest BCUT2D eigenvalue weighted by Crippen LogP contribution is 2.40. The Bertz CT molecular complexity index is 572. The van der Waals surface area contributed by atoms with Gasteiger partial charge in [-0.15, -0.1) is 0 Å². The zero-order chi connectivity index (χ0) is 18.1. The van der Waals surface area contributed by atoms with Gasteiger partial charge in [-0.1, -0.05) is 12.8 Å². The lowest BCUT2D eigenvalue weighted by atomic mass is 9.83. The monoisotopic (exact) mass is 353 g/mol. The van der Waals surface area contributed by atoms with E-state index in [2.05, 4.69) is 15.6 Å². The van der Waals surface area contributed by atoms with Crippen molar-refractivity contribution < 1.29 is 13.5 Å². The number of rotatable bonds is 8. The molecule has 1 aromatic carbocycles. The minimum Gasteiger partial charge on any atom is -0.385 e. The molecule has 1 aliphatic carbocycles. The third-order valence-electron chi connectivity index (χ3n) is 4.89. The van der Waals surface area contributed by atoms with Crippen LogP contribution in [-0.4, -0.2) is 32.8 Å². The molecule has 1 fully saturated rings. The first-order chi connectivity index (χ1) is 12.1. The SMILES string of the molecule is CCNC(=NCc1cc(F)ccc1F)NCC1(CCOC)CCCC1. The number of guanidine groups is 1. The van der Waals surface area contributed by atoms with Crippen molar-refractivity contribution in [3.05, 3.63) is 35.4 Å². The molecular formula is C19H29F2N3O. The van der Waals surface area contributed by atoms with Crippen molar-refractivity contribution in [3.63, 3.8) is 0 Å². The summed E-state index contributed by atoms with van der Waals surface area (Å²) in [6.07, 6.45) is 5.87. The first-order valence-corrected chi connectivity index (χ1v) is 9.03. The van der Waals surface area contributed by atoms with Crippen molar-refractivity contribution in [2.45, 2.75) is 45.6 Å². The van der Waals surface area contributed by atoms with Crippen LogP contribution < -0.4 is 10.6 Å². The molecule has 1 aromatic rings. The Labute approximate surface area is 149 Å². The highest BCUT2D eigenvalue weighted by Gasteiger charge is 2.33. The number of ether oxygens (including phenoxy) is 1. The van der Waals surface area contributed by atoms with E-state index in [4.69, 9.17) is 4.74 Å². The maximum Gasteiger partial charge on any atom is 0.191 e. The summed E-state index contributed by atoms with van der Waals surface area (Å²) in [6.45, 7) is 4.36. The molecule has 0 saturated heterocycles. The van der Waals surface area contributed by atoms with Crippen LogP contribution in [0.4, 0.5) is 8.78 Å². The van der Waals surface area contributed by atoms with Gasteiger partial charge in [0.15, 0.2) is 5.96 Å². The molecular weight excluding hydrogens is 324 g/mol. The highest BCUT2D eigenvalue weighted by atomic mass is 19.1. The molecule has 140 valence electrons. The second-order valence-corrected chi connectivity index (χ2v) is 6.73. The Morgan fingerprint density at radius 2 is 2.00 bits per heavy atom. The van der Waals surface area contributed by atoms with Gasteiger partial charge >= 0.3 is 0 Å². The summed E-state index contributed by atoms with van der Waals surface area (Å²) in [6, 6.07) is 3.45. The third-order valence-corrected chi connectivity index (χ3v) is 4.89. The van der Waals surface area contributed by atoms with Crippen molar-refractivity contribution in [2.24, 2.45) is 10.4 Å². The minimum atomic E-state index is -0.450. The Hall–Kier alpha value is -1.69. The van der Waals surface area contributed by atoms with Crippen LogP contribution in [0, 0.1) is 17.0 Å². The van der Waals surface area contributed by atoms with Crippen LogP contribution in [0.5, 0.6) is 0 Å². The highest BCUT2D eigenvalue weighted by molar-refractivity contribution is 5.79. The lowest BCUT2D eigenvalue weighted by Gasteiger charge is -2.30. The van der Waals surface area contributed by atoms with Crippen molar-refractivity contribution in [3.8, 4) is 0 Å². The van der Waals surface area contributed by atoms with E-state index < -0.39 is 11.6 Å². The van der Waals surface area contributed by atoms with Crippen LogP contribution in [0.2, 0.25) is 0 Å². The predicted octanol–water partition coefficient (Wildman–Crippen LogP) is 3.62. The van der Waals surface area contributed by atoms with E-state index in [1.165, 1.54) is 31.7 Å². The summed E-state index contributed by atoms with van der Waals surface area (Å²) in [5.41, 5.74) is 0.489. The number of hydrogen-bond donors (Lipinski definition) is 2. The summed E-state index contributed by atoms with van der Waals surface area (Å²) in [5.74, 6) is -0.253. The van der Waals surface area contributed by atoms with Gasteiger partial charge in [0.1, 0.15) is 11.6 Å². The summed E-state index contributed by atoms with van der Waals surface area (Å²) in [5, 5.41) is 6.56. The van der Waals surface area contributed by atoms with Crippen LogP contribution >= 0.6 is 0 Å². The van der Waals surface area contributed by atoms with E-state index in [1.807, 2.05) is 6.92 Å². The maximum absolute atomic E-state index is 13.7. The van der Waals surface area contributed by atoms with Crippen molar-refractivity contribution in [1.29, 1.82) is 0 Å². The molecule has 6 heteroatoms. The molecule has 0 aromatic heterocycles. The van der Waals surface area contributed by atoms with E-state index >= 15 is 0 Å². The zero-order valence-electron chi connectivity index (χ0n) is 15.2. The van der Waals surface area contributed by atoms with Gasteiger partial charge in [0, 0.05) is 32.4 Å². The van der Waals surface area contributed by atoms with Crippen LogP contribution in [0.15, 0.2) is 23.2 Å². The number of hydrogen-bond acceptors (Lipinski definition) is 2. The van der Waals surface area contributed by atoms with Crippen molar-refractivity contribution >= 4 is 5.96 Å². The molecule has 0 aliphatic heterocycles. The molecule has 0 heterocycles. The first kappa shape index (κ1) is 19.6. The molecule has 25 heavy (non-hydrogen) atoms. The Kier molecular flexibility index (Phi) is 7.62. The fourth-order valence-electron chi connectivity index (χ4n) is 3.40. The summed E-state index contributed by atoms with van der Waals surface area (Å²) in [4.78, 5) is 4.41. The third kappa shape index (κ3) is 5.96. The molecule has 1 aliphatic rings. The molecule has 0 unspecified atom stereocenters. The van der Waals surface area contributed by atoms with Gasteiger partial charge < -0.3 is 15.4 Å². The number of nitrogens with zero attached hydrogens (tertiary/aromatic N) is 1. The average molecular weight is 353 g/mol. The van der Waals surface area contributed by atoms with Crippen LogP contribution in [0.25, 0.3) is 0 Å². The summed E-state index contributed by atoms with van der Waals surface area (Å²) in [7, 11) is 1.73. The number of halogens is 2. The van der Waals surface area contributed by atoms with Gasteiger partial charge in [0.25, 0.3) is 0 Å². The van der Waals surface area contributed by atoms with E-state index in [0.717, 1.165) is 31.7 Å². The number of aliphatic imine (C=N–C) groups is 1. The largest absolute Gasteiger partial charge is 0.385 e. The molecule has 0 bridgehead atoms. The smallest absolute Gasteiger partial charge is 0.191 e. The van der Waals surface area contributed by atoms with Crippen LogP contribution in [-0.2, 0) is 11.3 Å². The lowest BCUT2D eigenvalue weighted by molar-refractivity contribution is 0.138. The quantitative estimate of drug-likeness (QED) is 0.554. The van der Waals surface area contributed by atoms with Crippen molar-refractivity contribution in [2.75, 3.05) is 26.8 Å². The second kappa shape index (κ2) is 9.70. The van der Waals surface area contributed by atoms with Gasteiger partial charge in [0.2, 0.25) is 0 Å². The predicted molar refractivity (Wildman–Crippen MR) is 96.6 cm³/mol. The number of benzene rings is 1. The van der Waals surface area contributed by atoms with E-state index in [0.29, 0.717) is 12.5 Å². The van der Waals surface area contributed by atoms with E-state index in [-0.39, 0.29) is 17.5 Å². The first-order valence-electron chi connectivity index (χ1n) is 9.03. The Morgan fingerprint density at radius 1 is 1.24 bits per heavy atom. The molecule has 2 rings (SSSR count). The zero-order valence-corrected chi connectivity index (χ0v) is 15.2. The van der Waals surface area contributed by atoms with Gasteiger partial charge in [-0.3, -0.25) is 0 Å². The van der Waals surface area contributed by atoms with Gasteiger partial charge in [-0.25, -0.2) is 13.8 Å². The lowest BCUT2D eigenvalue weighted by Crippen LogP contribution is -2.43. The van der Waals surface area contributed by atoms with Gasteiger partial charge in [-0.2, -0.15) is 0 Å². The van der Waals surface area contributed by atoms with E-state index in [1.54, 1.807) is 7.11 Å². The second-order valence-electron chi connectivity index (χ2n) is 6.73. The topological polar surface area (TPSA) is 45.7 Å². The number of nitrogens with one attached hydrogen (secondary N) is 2. The molecule has 0 amide bonds.